The molecule has 1 aromatic heterocycles. The van der Waals surface area contributed by atoms with E-state index in [0.29, 0.717) is 33.5 Å². The van der Waals surface area contributed by atoms with Gasteiger partial charge in [-0.05, 0) is 48.0 Å². The van der Waals surface area contributed by atoms with Crippen LogP contribution in [0.5, 0.6) is 17.2 Å². The van der Waals surface area contributed by atoms with Gasteiger partial charge in [0.25, 0.3) is 5.89 Å². The van der Waals surface area contributed by atoms with E-state index in [4.69, 9.17) is 29.8 Å². The number of hydrogen-bond acceptors (Lipinski definition) is 8. The third kappa shape index (κ3) is 5.16. The minimum atomic E-state index is -3.82. The fourth-order valence-corrected chi connectivity index (χ4v) is 3.27. The number of rotatable bonds is 8. The Morgan fingerprint density at radius 1 is 1.03 bits per heavy atom. The number of benzene rings is 2. The highest BCUT2D eigenvalue weighted by Gasteiger charge is 2.16. The second-order valence-corrected chi connectivity index (χ2v) is 8.47. The normalized spacial score (nSPS) is 11.8. The quantitative estimate of drug-likeness (QED) is 0.495. The predicted octanol–water partition coefficient (Wildman–Crippen LogP) is 3.76. The number of ether oxygens (including phenoxy) is 2. The zero-order valence-electron chi connectivity index (χ0n) is 17.2. The average Bonchev–Trinajstić information content (AvgIpc) is 3.21. The summed E-state index contributed by atoms with van der Waals surface area (Å²) in [6.07, 6.45) is 3.33. The highest BCUT2D eigenvalue weighted by molar-refractivity contribution is 7.84. The lowest BCUT2D eigenvalue weighted by Crippen LogP contribution is -2.26. The van der Waals surface area contributed by atoms with E-state index in [9.17, 15) is 8.42 Å². The number of nitrogens with zero attached hydrogens (tertiary/aromatic N) is 3. The Labute approximate surface area is 185 Å². The van der Waals surface area contributed by atoms with Crippen LogP contribution in [0.3, 0.4) is 0 Å². The maximum Gasteiger partial charge on any atom is 0.384 e. The van der Waals surface area contributed by atoms with Gasteiger partial charge in [0.15, 0.2) is 11.5 Å². The number of hydrogen-bond donors (Lipinski definition) is 0. The van der Waals surface area contributed by atoms with Gasteiger partial charge in [-0.1, -0.05) is 16.8 Å². The van der Waals surface area contributed by atoms with Gasteiger partial charge in [0.05, 0.1) is 19.2 Å². The van der Waals surface area contributed by atoms with Crippen molar-refractivity contribution in [2.75, 3.05) is 28.3 Å². The molecule has 0 atom stereocenters. The Balaban J connectivity index is 1.76. The number of methoxy groups -OCH3 is 2. The van der Waals surface area contributed by atoms with E-state index >= 15 is 0 Å². The fraction of sp³-hybridized carbons (Fsp3) is 0.200. The van der Waals surface area contributed by atoms with E-state index < -0.39 is 10.3 Å². The third-order valence-electron chi connectivity index (χ3n) is 4.12. The van der Waals surface area contributed by atoms with Crippen molar-refractivity contribution in [3.8, 4) is 28.6 Å². The van der Waals surface area contributed by atoms with Gasteiger partial charge in [0.2, 0.25) is 5.82 Å². The predicted molar refractivity (Wildman–Crippen MR) is 116 cm³/mol. The van der Waals surface area contributed by atoms with Gasteiger partial charge in [-0.2, -0.15) is 17.7 Å². The summed E-state index contributed by atoms with van der Waals surface area (Å²) in [4.78, 5) is 4.30. The van der Waals surface area contributed by atoms with Crippen molar-refractivity contribution in [1.82, 2.24) is 14.4 Å². The van der Waals surface area contributed by atoms with Crippen LogP contribution in [0.25, 0.3) is 23.5 Å². The van der Waals surface area contributed by atoms with Gasteiger partial charge in [-0.15, -0.1) is 0 Å². The molecule has 0 aliphatic heterocycles. The minimum Gasteiger partial charge on any atom is -0.493 e. The van der Waals surface area contributed by atoms with Gasteiger partial charge in [0.1, 0.15) is 5.75 Å². The van der Waals surface area contributed by atoms with Crippen molar-refractivity contribution in [2.45, 2.75) is 0 Å². The molecule has 9 nitrogen and oxygen atoms in total. The molecule has 0 saturated carbocycles. The molecule has 164 valence electrons. The second-order valence-electron chi connectivity index (χ2n) is 6.34. The molecule has 3 aromatic rings. The molecule has 1 heterocycles. The van der Waals surface area contributed by atoms with Crippen molar-refractivity contribution in [2.24, 2.45) is 0 Å². The van der Waals surface area contributed by atoms with Crippen molar-refractivity contribution in [1.29, 1.82) is 0 Å². The fourth-order valence-electron chi connectivity index (χ4n) is 2.47. The summed E-state index contributed by atoms with van der Waals surface area (Å²) in [7, 11) is 1.98. The molecule has 3 rings (SSSR count). The van der Waals surface area contributed by atoms with Crippen LogP contribution in [0.1, 0.15) is 11.5 Å². The molecule has 11 heteroatoms. The Hall–Kier alpha value is -3.08. The molecule has 0 saturated heterocycles. The largest absolute Gasteiger partial charge is 0.493 e. The van der Waals surface area contributed by atoms with Crippen LogP contribution in [0.2, 0.25) is 5.02 Å². The topological polar surface area (TPSA) is 104 Å². The summed E-state index contributed by atoms with van der Waals surface area (Å²) >= 11 is 6.36. The van der Waals surface area contributed by atoms with Crippen LogP contribution in [-0.2, 0) is 10.3 Å². The average molecular weight is 466 g/mol. The van der Waals surface area contributed by atoms with E-state index in [0.717, 1.165) is 4.31 Å². The monoisotopic (exact) mass is 465 g/mol. The maximum atomic E-state index is 11.8. The molecule has 0 aliphatic rings. The molecule has 0 unspecified atom stereocenters. The first-order chi connectivity index (χ1) is 14.7. The molecule has 0 fully saturated rings. The van der Waals surface area contributed by atoms with Crippen molar-refractivity contribution < 1.29 is 26.6 Å². The van der Waals surface area contributed by atoms with Crippen LogP contribution < -0.4 is 13.7 Å². The second kappa shape index (κ2) is 9.38. The van der Waals surface area contributed by atoms with Crippen molar-refractivity contribution in [3.63, 3.8) is 0 Å². The van der Waals surface area contributed by atoms with Crippen LogP contribution in [-0.4, -0.2) is 51.2 Å². The summed E-state index contributed by atoms with van der Waals surface area (Å²) in [5.74, 6) is 1.72. The Morgan fingerprint density at radius 2 is 1.74 bits per heavy atom. The van der Waals surface area contributed by atoms with Gasteiger partial charge in [0, 0.05) is 25.7 Å². The minimum absolute atomic E-state index is 0.171. The SMILES string of the molecule is COc1ccc(C=Cc2nc(-c3ccc(OS(=O)(=O)N(C)C)cc3)no2)c(Cl)c1OC. The molecule has 0 spiro atoms. The molecule has 0 amide bonds. The Kier molecular flexibility index (Phi) is 6.84. The highest BCUT2D eigenvalue weighted by atomic mass is 35.5. The van der Waals surface area contributed by atoms with Crippen LogP contribution >= 0.6 is 11.6 Å². The summed E-state index contributed by atoms with van der Waals surface area (Å²) in [6.45, 7) is 0. The summed E-state index contributed by atoms with van der Waals surface area (Å²) in [5, 5.41) is 4.32. The lowest BCUT2D eigenvalue weighted by molar-refractivity contribution is 0.355. The standard InChI is InChI=1S/C20H20ClN3O6S/c1-24(2)31(25,26)30-15-9-5-14(6-10-15)20-22-17(29-23-20)12-8-13-7-11-16(27-3)19(28-4)18(13)21/h5-12H,1-4H3. The van der Waals surface area contributed by atoms with Crippen molar-refractivity contribution >= 4 is 34.1 Å². The lowest BCUT2D eigenvalue weighted by Gasteiger charge is -2.11. The molecule has 0 N–H and O–H groups in total. The number of halogens is 1. The zero-order valence-corrected chi connectivity index (χ0v) is 18.8. The molecule has 0 bridgehead atoms. The van der Waals surface area contributed by atoms with Crippen LogP contribution in [0.15, 0.2) is 40.9 Å². The van der Waals surface area contributed by atoms with Crippen LogP contribution in [0.4, 0.5) is 0 Å². The van der Waals surface area contributed by atoms with Gasteiger partial charge in [-0.25, -0.2) is 0 Å². The van der Waals surface area contributed by atoms with E-state index in [-0.39, 0.29) is 11.6 Å². The number of aromatic nitrogens is 2. The van der Waals surface area contributed by atoms with E-state index in [1.165, 1.54) is 40.4 Å². The van der Waals surface area contributed by atoms with Gasteiger partial charge < -0.3 is 18.2 Å². The molecular weight excluding hydrogens is 446 g/mol. The Morgan fingerprint density at radius 3 is 2.35 bits per heavy atom. The maximum absolute atomic E-state index is 11.8. The summed E-state index contributed by atoms with van der Waals surface area (Å²) in [6, 6.07) is 9.78. The van der Waals surface area contributed by atoms with Crippen LogP contribution in [0, 0.1) is 0 Å². The third-order valence-corrected chi connectivity index (χ3v) is 5.81. The first-order valence-electron chi connectivity index (χ1n) is 8.90. The Bertz CT molecular complexity index is 1190. The molecule has 0 radical (unpaired) electrons. The first-order valence-corrected chi connectivity index (χ1v) is 10.6. The molecule has 0 aliphatic carbocycles. The van der Waals surface area contributed by atoms with Gasteiger partial charge in [-0.3, -0.25) is 0 Å². The molecule has 2 aromatic carbocycles. The highest BCUT2D eigenvalue weighted by Crippen LogP contribution is 2.38. The first kappa shape index (κ1) is 22.6. The summed E-state index contributed by atoms with van der Waals surface area (Å²) in [5.41, 5.74) is 1.31. The molecular formula is C20H20ClN3O6S. The zero-order chi connectivity index (χ0) is 22.6. The smallest absolute Gasteiger partial charge is 0.384 e. The molecule has 31 heavy (non-hydrogen) atoms. The van der Waals surface area contributed by atoms with E-state index in [1.54, 1.807) is 36.4 Å². The lowest BCUT2D eigenvalue weighted by atomic mass is 10.2. The van der Waals surface area contributed by atoms with E-state index in [2.05, 4.69) is 10.1 Å². The van der Waals surface area contributed by atoms with Crippen molar-refractivity contribution in [3.05, 3.63) is 52.9 Å². The van der Waals surface area contributed by atoms with Gasteiger partial charge >= 0.3 is 10.3 Å². The van der Waals surface area contributed by atoms with E-state index in [1.807, 2.05) is 0 Å². The summed E-state index contributed by atoms with van der Waals surface area (Å²) < 4.78 is 45.3.